The molecule has 1 aromatic rings. The van der Waals surface area contributed by atoms with E-state index in [1.807, 2.05) is 0 Å². The van der Waals surface area contributed by atoms with Gasteiger partial charge in [0.25, 0.3) is 0 Å². The zero-order valence-electron chi connectivity index (χ0n) is 14.6. The van der Waals surface area contributed by atoms with Crippen LogP contribution in [0.1, 0.15) is 59.1 Å². The molecule has 0 aliphatic rings. The van der Waals surface area contributed by atoms with E-state index in [0.29, 0.717) is 12.1 Å². The SMILES string of the molecule is CCCNC(CCN(CC(C)C)C(C)C)c1ccccc1. The first-order chi connectivity index (χ1) is 10.0. The number of hydrogen-bond donors (Lipinski definition) is 1. The lowest BCUT2D eigenvalue weighted by molar-refractivity contribution is 0.187. The van der Waals surface area contributed by atoms with Crippen LogP contribution in [0.3, 0.4) is 0 Å². The first kappa shape index (κ1) is 18.2. The highest BCUT2D eigenvalue weighted by Gasteiger charge is 2.15. The zero-order valence-corrected chi connectivity index (χ0v) is 14.6. The van der Waals surface area contributed by atoms with Crippen LogP contribution in [0.15, 0.2) is 30.3 Å². The van der Waals surface area contributed by atoms with Gasteiger partial charge in [0.1, 0.15) is 0 Å². The molecule has 0 saturated heterocycles. The second-order valence-electron chi connectivity index (χ2n) is 6.69. The molecule has 1 N–H and O–H groups in total. The van der Waals surface area contributed by atoms with Gasteiger partial charge in [0.15, 0.2) is 0 Å². The van der Waals surface area contributed by atoms with E-state index in [1.165, 1.54) is 24.9 Å². The monoisotopic (exact) mass is 290 g/mol. The number of benzene rings is 1. The zero-order chi connectivity index (χ0) is 15.7. The molecular weight excluding hydrogens is 256 g/mol. The maximum absolute atomic E-state index is 3.71. The van der Waals surface area contributed by atoms with E-state index in [-0.39, 0.29) is 0 Å². The fourth-order valence-corrected chi connectivity index (χ4v) is 2.71. The first-order valence-electron chi connectivity index (χ1n) is 8.57. The molecule has 21 heavy (non-hydrogen) atoms. The minimum Gasteiger partial charge on any atom is -0.310 e. The van der Waals surface area contributed by atoms with Gasteiger partial charge in [-0.15, -0.1) is 0 Å². The summed E-state index contributed by atoms with van der Waals surface area (Å²) in [5.74, 6) is 0.728. The van der Waals surface area contributed by atoms with Gasteiger partial charge in [0.2, 0.25) is 0 Å². The summed E-state index contributed by atoms with van der Waals surface area (Å²) >= 11 is 0. The van der Waals surface area contributed by atoms with Crippen molar-refractivity contribution in [1.82, 2.24) is 10.2 Å². The molecule has 1 rings (SSSR count). The van der Waals surface area contributed by atoms with Crippen LogP contribution >= 0.6 is 0 Å². The summed E-state index contributed by atoms with van der Waals surface area (Å²) < 4.78 is 0. The number of nitrogens with zero attached hydrogens (tertiary/aromatic N) is 1. The van der Waals surface area contributed by atoms with Crippen molar-refractivity contribution < 1.29 is 0 Å². The van der Waals surface area contributed by atoms with Crippen LogP contribution in [0, 0.1) is 5.92 Å². The standard InChI is InChI=1S/C19H34N2/c1-6-13-20-19(18-10-8-7-9-11-18)12-14-21(17(4)5)15-16(2)3/h7-11,16-17,19-20H,6,12-15H2,1-5H3. The Balaban J connectivity index is 2.63. The topological polar surface area (TPSA) is 15.3 Å². The predicted octanol–water partition coefficient (Wildman–Crippen LogP) is 4.48. The van der Waals surface area contributed by atoms with E-state index >= 15 is 0 Å². The Labute approximate surface area is 131 Å². The molecule has 0 aromatic heterocycles. The minimum absolute atomic E-state index is 0.472. The van der Waals surface area contributed by atoms with Gasteiger partial charge in [-0.05, 0) is 44.7 Å². The Kier molecular flexibility index (Phi) is 8.63. The predicted molar refractivity (Wildman–Crippen MR) is 93.6 cm³/mol. The third kappa shape index (κ3) is 7.10. The lowest BCUT2D eigenvalue weighted by atomic mass is 10.0. The van der Waals surface area contributed by atoms with Crippen LogP contribution in [-0.4, -0.2) is 30.6 Å². The van der Waals surface area contributed by atoms with Crippen molar-refractivity contribution in [2.24, 2.45) is 5.92 Å². The highest BCUT2D eigenvalue weighted by Crippen LogP contribution is 2.18. The Hall–Kier alpha value is -0.860. The Morgan fingerprint density at radius 2 is 1.71 bits per heavy atom. The summed E-state index contributed by atoms with van der Waals surface area (Å²) in [5, 5.41) is 3.71. The normalized spacial score (nSPS) is 13.3. The molecule has 0 heterocycles. The van der Waals surface area contributed by atoms with Crippen molar-refractivity contribution >= 4 is 0 Å². The third-order valence-electron chi connectivity index (χ3n) is 3.88. The molecular formula is C19H34N2. The quantitative estimate of drug-likeness (QED) is 0.683. The third-order valence-corrected chi connectivity index (χ3v) is 3.88. The minimum atomic E-state index is 0.472. The number of nitrogens with one attached hydrogen (secondary N) is 1. The van der Waals surface area contributed by atoms with Gasteiger partial charge in [-0.1, -0.05) is 51.1 Å². The van der Waals surface area contributed by atoms with Crippen LogP contribution < -0.4 is 5.32 Å². The second kappa shape index (κ2) is 9.97. The summed E-state index contributed by atoms with van der Waals surface area (Å²) in [6.45, 7) is 14.9. The lowest BCUT2D eigenvalue weighted by Gasteiger charge is -2.30. The van der Waals surface area contributed by atoms with Crippen molar-refractivity contribution in [2.45, 2.75) is 59.5 Å². The average Bonchev–Trinajstić information content (AvgIpc) is 2.46. The van der Waals surface area contributed by atoms with Gasteiger partial charge in [-0.3, -0.25) is 0 Å². The smallest absolute Gasteiger partial charge is 0.0332 e. The van der Waals surface area contributed by atoms with E-state index in [4.69, 9.17) is 0 Å². The van der Waals surface area contributed by atoms with Crippen LogP contribution in [0.4, 0.5) is 0 Å². The van der Waals surface area contributed by atoms with E-state index in [2.05, 4.69) is 75.2 Å². The second-order valence-corrected chi connectivity index (χ2v) is 6.69. The molecule has 1 unspecified atom stereocenters. The van der Waals surface area contributed by atoms with Crippen LogP contribution in [0.2, 0.25) is 0 Å². The highest BCUT2D eigenvalue weighted by atomic mass is 15.1. The maximum atomic E-state index is 3.71. The van der Waals surface area contributed by atoms with Gasteiger partial charge < -0.3 is 10.2 Å². The van der Waals surface area contributed by atoms with Crippen molar-refractivity contribution in [2.75, 3.05) is 19.6 Å². The van der Waals surface area contributed by atoms with Crippen LogP contribution in [0.5, 0.6) is 0 Å². The Morgan fingerprint density at radius 1 is 1.05 bits per heavy atom. The van der Waals surface area contributed by atoms with Crippen LogP contribution in [0.25, 0.3) is 0 Å². The van der Waals surface area contributed by atoms with Crippen molar-refractivity contribution in [3.63, 3.8) is 0 Å². The molecule has 0 saturated carbocycles. The van der Waals surface area contributed by atoms with Crippen molar-refractivity contribution in [3.05, 3.63) is 35.9 Å². The highest BCUT2D eigenvalue weighted by molar-refractivity contribution is 5.18. The van der Waals surface area contributed by atoms with Gasteiger partial charge in [0, 0.05) is 25.2 Å². The molecule has 0 radical (unpaired) electrons. The summed E-state index contributed by atoms with van der Waals surface area (Å²) in [4.78, 5) is 2.61. The summed E-state index contributed by atoms with van der Waals surface area (Å²) in [7, 11) is 0. The number of rotatable bonds is 10. The van der Waals surface area contributed by atoms with Crippen molar-refractivity contribution in [3.8, 4) is 0 Å². The Bertz CT molecular complexity index is 359. The van der Waals surface area contributed by atoms with E-state index in [9.17, 15) is 0 Å². The molecule has 1 aromatic carbocycles. The van der Waals surface area contributed by atoms with E-state index in [1.54, 1.807) is 0 Å². The summed E-state index contributed by atoms with van der Waals surface area (Å²) in [6, 6.07) is 12.0. The Morgan fingerprint density at radius 3 is 2.24 bits per heavy atom. The molecule has 0 spiro atoms. The molecule has 0 aliphatic carbocycles. The van der Waals surface area contributed by atoms with Gasteiger partial charge >= 0.3 is 0 Å². The average molecular weight is 290 g/mol. The molecule has 120 valence electrons. The fraction of sp³-hybridized carbons (Fsp3) is 0.684. The van der Waals surface area contributed by atoms with Gasteiger partial charge in [-0.25, -0.2) is 0 Å². The fourth-order valence-electron chi connectivity index (χ4n) is 2.71. The number of hydrogen-bond acceptors (Lipinski definition) is 2. The van der Waals surface area contributed by atoms with Gasteiger partial charge in [-0.2, -0.15) is 0 Å². The molecule has 0 aliphatic heterocycles. The van der Waals surface area contributed by atoms with Crippen molar-refractivity contribution in [1.29, 1.82) is 0 Å². The molecule has 2 nitrogen and oxygen atoms in total. The lowest BCUT2D eigenvalue weighted by Crippen LogP contribution is -2.37. The largest absolute Gasteiger partial charge is 0.310 e. The molecule has 1 atom stereocenters. The molecule has 0 fully saturated rings. The molecule has 2 heteroatoms. The summed E-state index contributed by atoms with van der Waals surface area (Å²) in [5.41, 5.74) is 1.42. The van der Waals surface area contributed by atoms with E-state index in [0.717, 1.165) is 19.0 Å². The molecule has 0 amide bonds. The van der Waals surface area contributed by atoms with E-state index < -0.39 is 0 Å². The maximum Gasteiger partial charge on any atom is 0.0332 e. The first-order valence-corrected chi connectivity index (χ1v) is 8.57. The summed E-state index contributed by atoms with van der Waals surface area (Å²) in [6.07, 6.45) is 2.36. The van der Waals surface area contributed by atoms with Crippen LogP contribution in [-0.2, 0) is 0 Å². The van der Waals surface area contributed by atoms with Gasteiger partial charge in [0.05, 0.1) is 0 Å². The molecule has 0 bridgehead atoms.